The molecule has 0 aliphatic heterocycles. The Bertz CT molecular complexity index is 554. The molecule has 0 radical (unpaired) electrons. The second kappa shape index (κ2) is 7.08. The van der Waals surface area contributed by atoms with E-state index in [-0.39, 0.29) is 0 Å². The van der Waals surface area contributed by atoms with Crippen LogP contribution in [0.4, 0.5) is 0 Å². The summed E-state index contributed by atoms with van der Waals surface area (Å²) in [5, 5.41) is 0. The summed E-state index contributed by atoms with van der Waals surface area (Å²) in [5.74, 6) is 0. The third kappa shape index (κ3) is 3.73. The second-order valence-corrected chi connectivity index (χ2v) is 6.50. The highest BCUT2D eigenvalue weighted by Gasteiger charge is 2.13. The summed E-state index contributed by atoms with van der Waals surface area (Å²) in [6.45, 7) is 6.58. The molecule has 0 saturated heterocycles. The summed E-state index contributed by atoms with van der Waals surface area (Å²) >= 11 is 3.90. The summed E-state index contributed by atoms with van der Waals surface area (Å²) in [6, 6.07) is 15.8. The average molecular weight is 331 g/mol. The Morgan fingerprint density at radius 3 is 2.15 bits per heavy atom. The third-order valence-electron chi connectivity index (χ3n) is 3.87. The van der Waals surface area contributed by atoms with Gasteiger partial charge in [-0.15, -0.1) is 0 Å². The van der Waals surface area contributed by atoms with Crippen molar-refractivity contribution in [1.82, 2.24) is 0 Å². The van der Waals surface area contributed by atoms with Crippen LogP contribution in [0, 0.1) is 6.92 Å². The third-order valence-corrected chi connectivity index (χ3v) is 4.69. The first-order chi connectivity index (χ1) is 9.63. The molecule has 0 aliphatic rings. The molecule has 0 amide bonds. The van der Waals surface area contributed by atoms with Crippen LogP contribution in [-0.2, 0) is 19.3 Å². The van der Waals surface area contributed by atoms with Gasteiger partial charge < -0.3 is 0 Å². The van der Waals surface area contributed by atoms with E-state index in [2.05, 4.69) is 79.2 Å². The zero-order valence-corrected chi connectivity index (χ0v) is 14.2. The van der Waals surface area contributed by atoms with E-state index >= 15 is 0 Å². The Morgan fingerprint density at radius 1 is 0.900 bits per heavy atom. The zero-order valence-electron chi connectivity index (χ0n) is 12.6. The molecule has 2 aromatic rings. The van der Waals surface area contributed by atoms with Crippen molar-refractivity contribution in [3.63, 3.8) is 0 Å². The Balaban J connectivity index is 2.23. The minimum Gasteiger partial charge on any atom is -0.0835 e. The number of hydrogen-bond acceptors (Lipinski definition) is 0. The highest BCUT2D eigenvalue weighted by Crippen LogP contribution is 2.31. The van der Waals surface area contributed by atoms with Gasteiger partial charge in [-0.3, -0.25) is 0 Å². The van der Waals surface area contributed by atoms with Gasteiger partial charge in [0.05, 0.1) is 0 Å². The molecule has 0 aromatic heterocycles. The maximum atomic E-state index is 3.90. The lowest BCUT2D eigenvalue weighted by Crippen LogP contribution is -2.01. The Hall–Kier alpha value is -1.08. The Morgan fingerprint density at radius 2 is 1.55 bits per heavy atom. The average Bonchev–Trinajstić information content (AvgIpc) is 2.48. The normalized spacial score (nSPS) is 12.4. The van der Waals surface area contributed by atoms with Crippen LogP contribution < -0.4 is 0 Å². The molecule has 20 heavy (non-hydrogen) atoms. The largest absolute Gasteiger partial charge is 0.0835 e. The van der Waals surface area contributed by atoms with E-state index in [4.69, 9.17) is 0 Å². The number of benzene rings is 2. The Kier molecular flexibility index (Phi) is 5.42. The molecule has 2 aromatic carbocycles. The van der Waals surface area contributed by atoms with Gasteiger partial charge in [0.2, 0.25) is 0 Å². The second-order valence-electron chi connectivity index (χ2n) is 5.40. The van der Waals surface area contributed by atoms with Crippen molar-refractivity contribution < 1.29 is 0 Å². The topological polar surface area (TPSA) is 0 Å². The lowest BCUT2D eigenvalue weighted by Gasteiger charge is -2.16. The summed E-state index contributed by atoms with van der Waals surface area (Å²) in [6.07, 6.45) is 3.23. The minimum absolute atomic E-state index is 0.395. The molecule has 0 N–H and O–H groups in total. The molecule has 1 unspecified atom stereocenters. The number of aryl methyl sites for hydroxylation is 3. The van der Waals surface area contributed by atoms with E-state index in [0.29, 0.717) is 4.83 Å². The summed E-state index contributed by atoms with van der Waals surface area (Å²) in [5.41, 5.74) is 7.04. The Labute approximate surface area is 131 Å². The molecule has 2 rings (SSSR count). The monoisotopic (exact) mass is 330 g/mol. The lowest BCUT2D eigenvalue weighted by molar-refractivity contribution is 0.914. The fraction of sp³-hybridized carbons (Fsp3) is 0.368. The molecule has 0 nitrogen and oxygen atoms in total. The maximum absolute atomic E-state index is 3.90. The molecule has 0 saturated carbocycles. The van der Waals surface area contributed by atoms with Crippen LogP contribution >= 0.6 is 15.9 Å². The first-order valence-electron chi connectivity index (χ1n) is 7.45. The van der Waals surface area contributed by atoms with E-state index in [1.165, 1.54) is 27.8 Å². The molecular formula is C19H23Br. The smallest absolute Gasteiger partial charge is 0.0438 e. The lowest BCUT2D eigenvalue weighted by atomic mass is 9.95. The predicted molar refractivity (Wildman–Crippen MR) is 91.7 cm³/mol. The summed E-state index contributed by atoms with van der Waals surface area (Å²) in [4.78, 5) is 0.395. The molecule has 106 valence electrons. The van der Waals surface area contributed by atoms with E-state index < -0.39 is 0 Å². The minimum atomic E-state index is 0.395. The summed E-state index contributed by atoms with van der Waals surface area (Å²) < 4.78 is 0. The number of rotatable bonds is 5. The van der Waals surface area contributed by atoms with Crippen LogP contribution in [0.5, 0.6) is 0 Å². The SMILES string of the molecule is CCc1ccc(CC)c(C(Br)Cc2ccc(C)cc2)c1. The fourth-order valence-electron chi connectivity index (χ4n) is 2.52. The van der Waals surface area contributed by atoms with Crippen LogP contribution in [0.25, 0.3) is 0 Å². The van der Waals surface area contributed by atoms with E-state index in [0.717, 1.165) is 19.3 Å². The maximum Gasteiger partial charge on any atom is 0.0438 e. The molecule has 0 bridgehead atoms. The highest BCUT2D eigenvalue weighted by molar-refractivity contribution is 9.09. The van der Waals surface area contributed by atoms with Gasteiger partial charge >= 0.3 is 0 Å². The molecule has 0 aliphatic carbocycles. The van der Waals surface area contributed by atoms with Crippen molar-refractivity contribution in [2.75, 3.05) is 0 Å². The van der Waals surface area contributed by atoms with Crippen LogP contribution in [0.1, 0.15) is 46.5 Å². The number of alkyl halides is 1. The predicted octanol–water partition coefficient (Wildman–Crippen LogP) is 5.80. The van der Waals surface area contributed by atoms with Crippen molar-refractivity contribution in [3.8, 4) is 0 Å². The van der Waals surface area contributed by atoms with Gasteiger partial charge in [-0.2, -0.15) is 0 Å². The highest BCUT2D eigenvalue weighted by atomic mass is 79.9. The molecule has 0 fully saturated rings. The fourth-order valence-corrected chi connectivity index (χ4v) is 3.32. The molecular weight excluding hydrogens is 308 g/mol. The summed E-state index contributed by atoms with van der Waals surface area (Å²) in [7, 11) is 0. The quantitative estimate of drug-likeness (QED) is 0.608. The van der Waals surface area contributed by atoms with E-state index in [1.807, 2.05) is 0 Å². The van der Waals surface area contributed by atoms with Crippen LogP contribution in [0.3, 0.4) is 0 Å². The van der Waals surface area contributed by atoms with E-state index in [9.17, 15) is 0 Å². The van der Waals surface area contributed by atoms with Gasteiger partial charge in [0.15, 0.2) is 0 Å². The van der Waals surface area contributed by atoms with Crippen LogP contribution in [0.2, 0.25) is 0 Å². The van der Waals surface area contributed by atoms with Gasteiger partial charge in [-0.25, -0.2) is 0 Å². The first kappa shape index (κ1) is 15.3. The molecule has 1 atom stereocenters. The molecule has 1 heteroatoms. The van der Waals surface area contributed by atoms with Crippen molar-refractivity contribution in [2.24, 2.45) is 0 Å². The van der Waals surface area contributed by atoms with Gasteiger partial charge in [0, 0.05) is 4.83 Å². The van der Waals surface area contributed by atoms with Crippen LogP contribution in [-0.4, -0.2) is 0 Å². The van der Waals surface area contributed by atoms with Crippen LogP contribution in [0.15, 0.2) is 42.5 Å². The van der Waals surface area contributed by atoms with Crippen molar-refractivity contribution >= 4 is 15.9 Å². The van der Waals surface area contributed by atoms with Crippen molar-refractivity contribution in [3.05, 3.63) is 70.3 Å². The molecule has 0 heterocycles. The van der Waals surface area contributed by atoms with Gasteiger partial charge in [0.1, 0.15) is 0 Å². The first-order valence-corrected chi connectivity index (χ1v) is 8.37. The van der Waals surface area contributed by atoms with Crippen molar-refractivity contribution in [1.29, 1.82) is 0 Å². The van der Waals surface area contributed by atoms with Gasteiger partial charge in [-0.05, 0) is 48.4 Å². The number of hydrogen-bond donors (Lipinski definition) is 0. The zero-order chi connectivity index (χ0) is 14.5. The van der Waals surface area contributed by atoms with Gasteiger partial charge in [-0.1, -0.05) is 77.8 Å². The number of halogens is 1. The molecule has 0 spiro atoms. The van der Waals surface area contributed by atoms with Crippen molar-refractivity contribution in [2.45, 2.75) is 44.9 Å². The standard InChI is InChI=1S/C19H23Br/c1-4-15-10-11-17(5-2)18(12-15)19(20)13-16-8-6-14(3)7-9-16/h6-12,19H,4-5,13H2,1-3H3. The van der Waals surface area contributed by atoms with E-state index in [1.54, 1.807) is 0 Å². The van der Waals surface area contributed by atoms with Gasteiger partial charge in [0.25, 0.3) is 0 Å².